The lowest BCUT2D eigenvalue weighted by Crippen LogP contribution is -2.51. The number of methoxy groups -OCH3 is 1. The number of amides is 1. The number of nitrogens with zero attached hydrogens (tertiary/aromatic N) is 2. The maximum Gasteiger partial charge on any atom is 0.236 e. The number of piperidine rings is 1. The van der Waals surface area contributed by atoms with E-state index in [1.807, 2.05) is 17.0 Å². The molecule has 0 unspecified atom stereocenters. The summed E-state index contributed by atoms with van der Waals surface area (Å²) in [7, 11) is 1.70. The topological polar surface area (TPSA) is 42.0 Å². The predicted molar refractivity (Wildman–Crippen MR) is 92.8 cm³/mol. The summed E-state index contributed by atoms with van der Waals surface area (Å²) in [6.07, 6.45) is 1.45. The van der Waals surface area contributed by atoms with Gasteiger partial charge < -0.3 is 14.4 Å². The molecule has 1 amide bonds. The van der Waals surface area contributed by atoms with Gasteiger partial charge in [0, 0.05) is 39.2 Å². The van der Waals surface area contributed by atoms with Gasteiger partial charge >= 0.3 is 0 Å². The lowest BCUT2D eigenvalue weighted by atomic mass is 9.88. The maximum atomic E-state index is 14.0. The summed E-state index contributed by atoms with van der Waals surface area (Å²) in [5.74, 6) is 0.0772. The van der Waals surface area contributed by atoms with Crippen LogP contribution in [0.1, 0.15) is 12.0 Å². The molecule has 3 rings (SSSR count). The van der Waals surface area contributed by atoms with E-state index in [-0.39, 0.29) is 23.7 Å². The average molecular weight is 350 g/mol. The molecule has 0 aliphatic carbocycles. The summed E-state index contributed by atoms with van der Waals surface area (Å²) in [6, 6.07) is 6.86. The van der Waals surface area contributed by atoms with E-state index in [2.05, 4.69) is 4.90 Å². The van der Waals surface area contributed by atoms with Gasteiger partial charge in [-0.2, -0.15) is 0 Å². The lowest BCUT2D eigenvalue weighted by Gasteiger charge is -2.39. The highest BCUT2D eigenvalue weighted by molar-refractivity contribution is 5.78. The fourth-order valence-electron chi connectivity index (χ4n) is 3.74. The predicted octanol–water partition coefficient (Wildman–Crippen LogP) is 1.56. The Morgan fingerprint density at radius 1 is 1.28 bits per heavy atom. The molecule has 0 aromatic heterocycles. The number of benzene rings is 1. The first kappa shape index (κ1) is 18.3. The first-order valence-electron chi connectivity index (χ1n) is 9.01. The van der Waals surface area contributed by atoms with Crippen molar-refractivity contribution in [3.05, 3.63) is 35.6 Å². The molecule has 2 saturated heterocycles. The Balaban J connectivity index is 1.61. The van der Waals surface area contributed by atoms with Crippen molar-refractivity contribution >= 4 is 5.91 Å². The summed E-state index contributed by atoms with van der Waals surface area (Å²) in [5.41, 5.74) is 0.692. The van der Waals surface area contributed by atoms with Crippen molar-refractivity contribution in [3.8, 4) is 0 Å². The van der Waals surface area contributed by atoms with Crippen molar-refractivity contribution in [2.45, 2.75) is 18.9 Å². The highest BCUT2D eigenvalue weighted by atomic mass is 19.1. The second-order valence-corrected chi connectivity index (χ2v) is 6.85. The minimum Gasteiger partial charge on any atom is -0.381 e. The van der Waals surface area contributed by atoms with Gasteiger partial charge in [0.2, 0.25) is 5.91 Å². The van der Waals surface area contributed by atoms with Crippen molar-refractivity contribution in [2.24, 2.45) is 5.92 Å². The highest BCUT2D eigenvalue weighted by Gasteiger charge is 2.32. The summed E-state index contributed by atoms with van der Waals surface area (Å²) in [6.45, 7) is 4.75. The SMILES string of the molecule is CO[C@H]1CCN(C(=O)CN2CCOCC2)C[C@H]1Cc1ccccc1F. The Labute approximate surface area is 148 Å². The largest absolute Gasteiger partial charge is 0.381 e. The van der Waals surface area contributed by atoms with Crippen LogP contribution in [0.5, 0.6) is 0 Å². The number of likely N-dealkylation sites (tertiary alicyclic amines) is 1. The van der Waals surface area contributed by atoms with Crippen LogP contribution in [0.2, 0.25) is 0 Å². The fourth-order valence-corrected chi connectivity index (χ4v) is 3.74. The number of carbonyl (C=O) groups excluding carboxylic acids is 1. The standard InChI is InChI=1S/C19H27FN2O3/c1-24-18-6-7-22(19(23)14-21-8-10-25-11-9-21)13-16(18)12-15-4-2-3-5-17(15)20/h2-5,16,18H,6-14H2,1H3/t16-,18+/m1/s1. The Kier molecular flexibility index (Phi) is 6.39. The van der Waals surface area contributed by atoms with Crippen LogP contribution < -0.4 is 0 Å². The first-order valence-corrected chi connectivity index (χ1v) is 9.01. The van der Waals surface area contributed by atoms with Crippen molar-refractivity contribution in [3.63, 3.8) is 0 Å². The molecule has 25 heavy (non-hydrogen) atoms. The van der Waals surface area contributed by atoms with Crippen LogP contribution >= 0.6 is 0 Å². The van der Waals surface area contributed by atoms with Gasteiger partial charge in [-0.15, -0.1) is 0 Å². The first-order chi connectivity index (χ1) is 12.2. The average Bonchev–Trinajstić information content (AvgIpc) is 2.64. The van der Waals surface area contributed by atoms with E-state index in [1.165, 1.54) is 6.07 Å². The smallest absolute Gasteiger partial charge is 0.236 e. The number of ether oxygens (including phenoxy) is 2. The third kappa shape index (κ3) is 4.77. The van der Waals surface area contributed by atoms with Gasteiger partial charge in [-0.3, -0.25) is 9.69 Å². The van der Waals surface area contributed by atoms with Crippen molar-refractivity contribution < 1.29 is 18.7 Å². The molecule has 2 aliphatic heterocycles. The number of halogens is 1. The zero-order valence-corrected chi connectivity index (χ0v) is 14.8. The minimum atomic E-state index is -0.186. The van der Waals surface area contributed by atoms with Gasteiger partial charge in [0.05, 0.1) is 25.9 Å². The summed E-state index contributed by atoms with van der Waals surface area (Å²) >= 11 is 0. The summed E-state index contributed by atoms with van der Waals surface area (Å²) < 4.78 is 24.9. The molecule has 0 N–H and O–H groups in total. The maximum absolute atomic E-state index is 14.0. The van der Waals surface area contributed by atoms with Crippen molar-refractivity contribution in [2.75, 3.05) is 53.0 Å². The minimum absolute atomic E-state index is 0.0621. The fraction of sp³-hybridized carbons (Fsp3) is 0.632. The van der Waals surface area contributed by atoms with E-state index in [4.69, 9.17) is 9.47 Å². The van der Waals surface area contributed by atoms with Gasteiger partial charge in [0.1, 0.15) is 5.82 Å². The monoisotopic (exact) mass is 350 g/mol. The zero-order chi connectivity index (χ0) is 17.6. The van der Waals surface area contributed by atoms with Crippen molar-refractivity contribution in [1.82, 2.24) is 9.80 Å². The number of hydrogen-bond acceptors (Lipinski definition) is 4. The van der Waals surface area contributed by atoms with Crippen molar-refractivity contribution in [1.29, 1.82) is 0 Å². The Bertz CT molecular complexity index is 578. The Hall–Kier alpha value is -1.50. The van der Waals surface area contributed by atoms with E-state index in [0.717, 1.165) is 19.5 Å². The van der Waals surface area contributed by atoms with Gasteiger partial charge in [-0.1, -0.05) is 18.2 Å². The van der Waals surface area contributed by atoms with Crippen LogP contribution in [-0.2, 0) is 20.7 Å². The molecule has 1 aromatic rings. The lowest BCUT2D eigenvalue weighted by molar-refractivity contribution is -0.137. The third-order valence-corrected chi connectivity index (χ3v) is 5.22. The molecule has 2 aliphatic rings. The molecule has 6 heteroatoms. The van der Waals surface area contributed by atoms with Crippen LogP contribution in [0.3, 0.4) is 0 Å². The number of rotatable bonds is 5. The molecule has 2 fully saturated rings. The zero-order valence-electron chi connectivity index (χ0n) is 14.8. The highest BCUT2D eigenvalue weighted by Crippen LogP contribution is 2.25. The number of carbonyl (C=O) groups is 1. The third-order valence-electron chi connectivity index (χ3n) is 5.22. The number of morpholine rings is 1. The van der Waals surface area contributed by atoms with E-state index in [9.17, 15) is 9.18 Å². The second-order valence-electron chi connectivity index (χ2n) is 6.85. The molecule has 1 aromatic carbocycles. The Morgan fingerprint density at radius 2 is 2.04 bits per heavy atom. The van der Waals surface area contributed by atoms with Gasteiger partial charge in [0.25, 0.3) is 0 Å². The van der Waals surface area contributed by atoms with Gasteiger partial charge in [-0.25, -0.2) is 4.39 Å². The van der Waals surface area contributed by atoms with Crippen LogP contribution in [0.25, 0.3) is 0 Å². The quantitative estimate of drug-likeness (QED) is 0.808. The van der Waals surface area contributed by atoms with E-state index >= 15 is 0 Å². The molecule has 0 radical (unpaired) electrons. The number of hydrogen-bond donors (Lipinski definition) is 0. The molecule has 0 spiro atoms. The van der Waals surface area contributed by atoms with Crippen LogP contribution in [-0.4, -0.2) is 74.9 Å². The molecule has 0 bridgehead atoms. The molecule has 2 heterocycles. The van der Waals surface area contributed by atoms with E-state index in [1.54, 1.807) is 13.2 Å². The molecule has 138 valence electrons. The Morgan fingerprint density at radius 3 is 2.76 bits per heavy atom. The normalized spacial score (nSPS) is 25.1. The molecule has 5 nitrogen and oxygen atoms in total. The summed E-state index contributed by atoms with van der Waals surface area (Å²) in [4.78, 5) is 16.7. The van der Waals surface area contributed by atoms with Crippen LogP contribution in [0.4, 0.5) is 4.39 Å². The molecule has 0 saturated carbocycles. The van der Waals surface area contributed by atoms with E-state index in [0.29, 0.717) is 44.8 Å². The second kappa shape index (κ2) is 8.74. The van der Waals surface area contributed by atoms with E-state index < -0.39 is 0 Å². The van der Waals surface area contributed by atoms with Gasteiger partial charge in [-0.05, 0) is 24.5 Å². The van der Waals surface area contributed by atoms with Crippen LogP contribution in [0, 0.1) is 11.7 Å². The van der Waals surface area contributed by atoms with Crippen LogP contribution in [0.15, 0.2) is 24.3 Å². The van der Waals surface area contributed by atoms with Gasteiger partial charge in [0.15, 0.2) is 0 Å². The summed E-state index contributed by atoms with van der Waals surface area (Å²) in [5, 5.41) is 0. The molecule has 2 atom stereocenters. The molecular formula is C19H27FN2O3. The molecular weight excluding hydrogens is 323 g/mol.